The quantitative estimate of drug-likeness (QED) is 0.0192. The zero-order chi connectivity index (χ0) is 40.2. The molecule has 21 N–H and O–H groups in total. The lowest BCUT2D eigenvalue weighted by atomic mass is 10.1. The summed E-state index contributed by atoms with van der Waals surface area (Å²) in [4.78, 5) is 104. The van der Waals surface area contributed by atoms with Crippen LogP contribution in [0.25, 0.3) is 0 Å². The minimum Gasteiger partial charge on any atom is -0.370 e. The first kappa shape index (κ1) is 47.9. The number of hydrogen-bond acceptors (Lipinski definition) is 13. The monoisotopic (exact) mass is 757 g/mol. The predicted molar refractivity (Wildman–Crippen MR) is 194 cm³/mol. The zero-order valence-electron chi connectivity index (χ0n) is 30.1. The van der Waals surface area contributed by atoms with Crippen molar-refractivity contribution in [3.8, 4) is 0 Å². The second-order valence-electron chi connectivity index (χ2n) is 11.8. The van der Waals surface area contributed by atoms with Crippen molar-refractivity contribution in [2.24, 2.45) is 45.1 Å². The van der Waals surface area contributed by atoms with Gasteiger partial charge in [0.25, 0.3) is 0 Å². The maximum Gasteiger partial charge on any atom is 0.243 e. The minimum atomic E-state index is -1.18. The van der Waals surface area contributed by atoms with Gasteiger partial charge in [0.2, 0.25) is 47.3 Å². The van der Waals surface area contributed by atoms with E-state index in [1.54, 1.807) is 0 Å². The number of carbonyl (C=O) groups is 8. The molecule has 0 aliphatic carbocycles. The Morgan fingerprint density at radius 3 is 1.19 bits per heavy atom. The van der Waals surface area contributed by atoms with Gasteiger partial charge in [-0.05, 0) is 77.4 Å². The Morgan fingerprint density at radius 1 is 0.453 bits per heavy atom. The molecule has 0 bridgehead atoms. The van der Waals surface area contributed by atoms with Crippen molar-refractivity contribution in [1.29, 1.82) is 0 Å². The van der Waals surface area contributed by atoms with Crippen molar-refractivity contribution in [1.82, 2.24) is 37.2 Å². The number of carbonyl (C=O) groups excluding carboxylic acids is 8. The summed E-state index contributed by atoms with van der Waals surface area (Å²) in [5.74, 6) is -5.84. The molecule has 0 radical (unpaired) electrons. The highest BCUT2D eigenvalue weighted by molar-refractivity contribution is 5.95. The number of nitrogens with one attached hydrogen (secondary N) is 7. The van der Waals surface area contributed by atoms with Crippen molar-refractivity contribution < 1.29 is 38.4 Å². The summed E-state index contributed by atoms with van der Waals surface area (Å²) in [7, 11) is 0. The van der Waals surface area contributed by atoms with Gasteiger partial charge < -0.3 is 77.4 Å². The molecular formula is C30H59N15O8. The first-order valence-electron chi connectivity index (χ1n) is 17.3. The highest BCUT2D eigenvalue weighted by atomic mass is 16.2. The van der Waals surface area contributed by atoms with Crippen LogP contribution in [0, 0.1) is 0 Å². The third-order valence-corrected chi connectivity index (χ3v) is 7.37. The SMILES string of the molecule is NCCCC[C@H](NC(=O)CN)C(=O)NCC(=O)N[C@@H](CCCN)C(=O)NCC(=O)N[C@@H](CCCN=C(N)N)C(=O)NCC(=O)NC(CCCN)C(N)=O. The van der Waals surface area contributed by atoms with Crippen molar-refractivity contribution in [2.45, 2.75) is 82.0 Å². The lowest BCUT2D eigenvalue weighted by Gasteiger charge is -2.21. The molecule has 23 heteroatoms. The van der Waals surface area contributed by atoms with Crippen LogP contribution in [0.5, 0.6) is 0 Å². The summed E-state index contributed by atoms with van der Waals surface area (Å²) in [5.41, 5.74) is 37.8. The molecular weight excluding hydrogens is 698 g/mol. The topological polar surface area (TPSA) is 415 Å². The van der Waals surface area contributed by atoms with Crippen molar-refractivity contribution in [3.63, 3.8) is 0 Å². The molecule has 0 aromatic rings. The average molecular weight is 758 g/mol. The van der Waals surface area contributed by atoms with Crippen LogP contribution in [0.3, 0.4) is 0 Å². The van der Waals surface area contributed by atoms with E-state index in [1.807, 2.05) is 0 Å². The Kier molecular flexibility index (Phi) is 25.7. The molecule has 0 aliphatic rings. The Morgan fingerprint density at radius 2 is 0.811 bits per heavy atom. The van der Waals surface area contributed by atoms with Crippen LogP contribution in [-0.4, -0.2) is 130 Å². The Balaban J connectivity index is 5.36. The van der Waals surface area contributed by atoms with Crippen LogP contribution in [0.1, 0.15) is 57.8 Å². The molecule has 53 heavy (non-hydrogen) atoms. The van der Waals surface area contributed by atoms with E-state index in [-0.39, 0.29) is 64.2 Å². The van der Waals surface area contributed by atoms with Crippen molar-refractivity contribution in [2.75, 3.05) is 52.4 Å². The van der Waals surface area contributed by atoms with E-state index in [2.05, 4.69) is 42.2 Å². The van der Waals surface area contributed by atoms with Gasteiger partial charge in [-0.15, -0.1) is 0 Å². The van der Waals surface area contributed by atoms with Gasteiger partial charge in [-0.3, -0.25) is 43.3 Å². The molecule has 1 unspecified atom stereocenters. The highest BCUT2D eigenvalue weighted by Gasteiger charge is 2.26. The molecule has 0 rings (SSSR count). The summed E-state index contributed by atoms with van der Waals surface area (Å²) in [5, 5.41) is 17.1. The Labute approximate surface area is 308 Å². The van der Waals surface area contributed by atoms with Crippen LogP contribution in [0.4, 0.5) is 0 Å². The number of unbranched alkanes of at least 4 members (excludes halogenated alkanes) is 1. The summed E-state index contributed by atoms with van der Waals surface area (Å²) in [6.45, 7) is -1.02. The number of nitrogens with zero attached hydrogens (tertiary/aromatic N) is 1. The fraction of sp³-hybridized carbons (Fsp3) is 0.700. The molecule has 4 atom stereocenters. The summed E-state index contributed by atoms with van der Waals surface area (Å²) in [6, 6.07) is -4.26. The highest BCUT2D eigenvalue weighted by Crippen LogP contribution is 2.03. The van der Waals surface area contributed by atoms with Crippen LogP contribution in [0.15, 0.2) is 4.99 Å². The van der Waals surface area contributed by atoms with Gasteiger partial charge in [-0.1, -0.05) is 0 Å². The van der Waals surface area contributed by atoms with Gasteiger partial charge in [0.05, 0.1) is 26.2 Å². The molecule has 302 valence electrons. The molecule has 0 heterocycles. The van der Waals surface area contributed by atoms with Gasteiger partial charge in [0.15, 0.2) is 5.96 Å². The molecule has 0 aromatic carbocycles. The maximum atomic E-state index is 13.0. The zero-order valence-corrected chi connectivity index (χ0v) is 30.1. The van der Waals surface area contributed by atoms with Gasteiger partial charge in [0, 0.05) is 6.54 Å². The van der Waals surface area contributed by atoms with Crippen LogP contribution in [0.2, 0.25) is 0 Å². The molecule has 23 nitrogen and oxygen atoms in total. The van der Waals surface area contributed by atoms with E-state index in [4.69, 9.17) is 40.1 Å². The number of nitrogens with two attached hydrogens (primary N) is 7. The molecule has 0 aliphatic heterocycles. The molecule has 0 aromatic heterocycles. The first-order chi connectivity index (χ1) is 25.2. The number of guanidine groups is 1. The predicted octanol–water partition coefficient (Wildman–Crippen LogP) is -7.62. The third-order valence-electron chi connectivity index (χ3n) is 7.37. The third kappa shape index (κ3) is 23.1. The maximum absolute atomic E-state index is 13.0. The summed E-state index contributed by atoms with van der Waals surface area (Å²) in [6.07, 6.45) is 2.75. The number of hydrogen-bond donors (Lipinski definition) is 14. The fourth-order valence-electron chi connectivity index (χ4n) is 4.59. The number of aliphatic imine (C=N–C) groups is 1. The van der Waals surface area contributed by atoms with Gasteiger partial charge >= 0.3 is 0 Å². The van der Waals surface area contributed by atoms with Crippen LogP contribution < -0.4 is 77.4 Å². The van der Waals surface area contributed by atoms with E-state index in [0.717, 1.165) is 0 Å². The van der Waals surface area contributed by atoms with E-state index < -0.39 is 91.1 Å². The fourth-order valence-corrected chi connectivity index (χ4v) is 4.59. The van der Waals surface area contributed by atoms with Gasteiger partial charge in [-0.2, -0.15) is 0 Å². The van der Waals surface area contributed by atoms with Gasteiger partial charge in [0.1, 0.15) is 24.2 Å². The molecule has 8 amide bonds. The Hall–Kier alpha value is -5.13. The van der Waals surface area contributed by atoms with E-state index in [1.165, 1.54) is 0 Å². The number of rotatable bonds is 29. The number of amides is 8. The molecule has 0 spiro atoms. The van der Waals surface area contributed by atoms with E-state index in [0.29, 0.717) is 32.2 Å². The second kappa shape index (κ2) is 28.5. The number of primary amides is 1. The van der Waals surface area contributed by atoms with Gasteiger partial charge in [-0.25, -0.2) is 0 Å². The largest absolute Gasteiger partial charge is 0.370 e. The van der Waals surface area contributed by atoms with Crippen molar-refractivity contribution in [3.05, 3.63) is 0 Å². The first-order valence-corrected chi connectivity index (χ1v) is 17.3. The summed E-state index contributed by atoms with van der Waals surface area (Å²) < 4.78 is 0. The normalized spacial score (nSPS) is 12.8. The minimum absolute atomic E-state index is 0.0367. The standard InChI is InChI=1S/C30H59N15O8/c31-10-2-1-6-19(43-22(46)14-34)27(51)40-16-24(48)44-20(8-4-12-33)28(52)41-17-25(49)45-21(9-5-13-38-30(36)37)29(53)39-15-23(47)42-18(26(35)50)7-3-11-32/h18-21H,1-17,31-34H2,(H2,35,50)(H,39,53)(H,40,51)(H,41,52)(H,42,47)(H,43,46)(H,44,48)(H,45,49)(H4,36,37,38)/t18?,19-,20-,21-/m0/s1. The molecule has 0 saturated heterocycles. The van der Waals surface area contributed by atoms with Crippen molar-refractivity contribution >= 4 is 53.2 Å². The summed E-state index contributed by atoms with van der Waals surface area (Å²) >= 11 is 0. The van der Waals surface area contributed by atoms with Crippen LogP contribution in [-0.2, 0) is 38.4 Å². The lowest BCUT2D eigenvalue weighted by molar-refractivity contribution is -0.133. The van der Waals surface area contributed by atoms with E-state index in [9.17, 15) is 38.4 Å². The lowest BCUT2D eigenvalue weighted by Crippen LogP contribution is -2.54. The molecule has 0 fully saturated rings. The Bertz CT molecular complexity index is 1230. The van der Waals surface area contributed by atoms with Crippen LogP contribution >= 0.6 is 0 Å². The average Bonchev–Trinajstić information content (AvgIpc) is 3.12. The second-order valence-corrected chi connectivity index (χ2v) is 11.8. The molecule has 0 saturated carbocycles. The van der Waals surface area contributed by atoms with E-state index >= 15 is 0 Å². The smallest absolute Gasteiger partial charge is 0.243 e.